The highest BCUT2D eigenvalue weighted by Crippen LogP contribution is 2.42. The molecule has 1 fully saturated rings. The van der Waals surface area contributed by atoms with E-state index in [2.05, 4.69) is 54.4 Å². The van der Waals surface area contributed by atoms with E-state index >= 15 is 0 Å². The van der Waals surface area contributed by atoms with Gasteiger partial charge in [0.1, 0.15) is 11.5 Å². The van der Waals surface area contributed by atoms with Crippen molar-refractivity contribution < 1.29 is 9.21 Å². The smallest absolute Gasteiger partial charge is 0.317 e. The number of aryl methyl sites for hydroxylation is 1. The molecule has 5 nitrogen and oxygen atoms in total. The van der Waals surface area contributed by atoms with Crippen molar-refractivity contribution in [3.8, 4) is 0 Å². The summed E-state index contributed by atoms with van der Waals surface area (Å²) in [5.41, 5.74) is 3.71. The number of benzene rings is 1. The van der Waals surface area contributed by atoms with Crippen LogP contribution in [0.15, 0.2) is 34.7 Å². The van der Waals surface area contributed by atoms with Gasteiger partial charge in [-0.2, -0.15) is 0 Å². The first-order valence-electron chi connectivity index (χ1n) is 10.8. The van der Waals surface area contributed by atoms with E-state index < -0.39 is 0 Å². The fourth-order valence-corrected chi connectivity index (χ4v) is 4.81. The highest BCUT2D eigenvalue weighted by atomic mass is 16.3. The van der Waals surface area contributed by atoms with Crippen molar-refractivity contribution in [2.75, 3.05) is 25.0 Å². The van der Waals surface area contributed by atoms with Gasteiger partial charge in [-0.1, -0.05) is 32.0 Å². The van der Waals surface area contributed by atoms with Crippen molar-refractivity contribution in [3.05, 3.63) is 53.0 Å². The molecule has 0 radical (unpaired) electrons. The molecule has 1 atom stereocenters. The zero-order valence-electron chi connectivity index (χ0n) is 18.1. The third-order valence-corrected chi connectivity index (χ3v) is 6.23. The lowest BCUT2D eigenvalue weighted by Crippen LogP contribution is -2.42. The molecule has 1 aromatic carbocycles. The number of rotatable bonds is 4. The van der Waals surface area contributed by atoms with Gasteiger partial charge in [-0.05, 0) is 49.3 Å². The lowest BCUT2D eigenvalue weighted by Gasteiger charge is -2.35. The van der Waals surface area contributed by atoms with Gasteiger partial charge in [0.2, 0.25) is 0 Å². The van der Waals surface area contributed by atoms with Crippen molar-refractivity contribution >= 4 is 11.7 Å². The Bertz CT molecular complexity index is 880. The molecular formula is C24H33N3O2. The standard InChI is InChI=1S/C24H33N3O2/c1-17-13-19-20(14-24(2,3)15-22(19)29-17)25-23(28)26(4)16-18-9-5-6-10-21(18)27-11-7-8-12-27/h5-6,9-10,13,20H,7-8,11-12,14-16H2,1-4H3,(H,25,28). The minimum atomic E-state index is -0.0336. The van der Waals surface area contributed by atoms with Gasteiger partial charge in [0.15, 0.2) is 0 Å². The molecule has 2 heterocycles. The molecule has 2 aromatic rings. The molecule has 156 valence electrons. The first kappa shape index (κ1) is 19.9. The Labute approximate surface area is 174 Å². The Morgan fingerprint density at radius 3 is 2.76 bits per heavy atom. The van der Waals surface area contributed by atoms with Crippen LogP contribution in [0.4, 0.5) is 10.5 Å². The molecule has 0 spiro atoms. The zero-order valence-corrected chi connectivity index (χ0v) is 18.1. The first-order valence-corrected chi connectivity index (χ1v) is 10.8. The molecule has 1 unspecified atom stereocenters. The van der Waals surface area contributed by atoms with Gasteiger partial charge >= 0.3 is 6.03 Å². The van der Waals surface area contributed by atoms with E-state index in [1.165, 1.54) is 24.1 Å². The normalized spacial score (nSPS) is 20.4. The number of nitrogens with zero attached hydrogens (tertiary/aromatic N) is 2. The summed E-state index contributed by atoms with van der Waals surface area (Å²) < 4.78 is 5.91. The molecular weight excluding hydrogens is 362 g/mol. The SMILES string of the molecule is Cc1cc2c(o1)CC(C)(C)CC2NC(=O)N(C)Cc1ccccc1N1CCCC1. The fraction of sp³-hybridized carbons (Fsp3) is 0.542. The first-order chi connectivity index (χ1) is 13.8. The van der Waals surface area contributed by atoms with Crippen molar-refractivity contribution in [1.82, 2.24) is 10.2 Å². The maximum Gasteiger partial charge on any atom is 0.317 e. The fourth-order valence-electron chi connectivity index (χ4n) is 4.81. The van der Waals surface area contributed by atoms with Gasteiger partial charge in [-0.3, -0.25) is 0 Å². The van der Waals surface area contributed by atoms with Crippen molar-refractivity contribution in [2.45, 2.75) is 59.0 Å². The van der Waals surface area contributed by atoms with Crippen molar-refractivity contribution in [3.63, 3.8) is 0 Å². The minimum Gasteiger partial charge on any atom is -0.466 e. The van der Waals surface area contributed by atoms with Crippen LogP contribution in [0.3, 0.4) is 0 Å². The summed E-state index contributed by atoms with van der Waals surface area (Å²) in [5.74, 6) is 1.94. The van der Waals surface area contributed by atoms with Crippen LogP contribution < -0.4 is 10.2 Å². The van der Waals surface area contributed by atoms with E-state index in [0.29, 0.717) is 6.54 Å². The number of urea groups is 1. The average Bonchev–Trinajstić information content (AvgIpc) is 3.30. The zero-order chi connectivity index (χ0) is 20.6. The van der Waals surface area contributed by atoms with Crippen LogP contribution in [-0.2, 0) is 13.0 Å². The van der Waals surface area contributed by atoms with E-state index in [0.717, 1.165) is 43.0 Å². The molecule has 1 aromatic heterocycles. The number of anilines is 1. The Hall–Kier alpha value is -2.43. The molecule has 0 saturated carbocycles. The molecule has 5 heteroatoms. The maximum atomic E-state index is 13.0. The molecule has 4 rings (SSSR count). The number of amides is 2. The van der Waals surface area contributed by atoms with Crippen molar-refractivity contribution in [1.29, 1.82) is 0 Å². The number of fused-ring (bicyclic) bond motifs is 1. The van der Waals surface area contributed by atoms with Gasteiger partial charge in [-0.25, -0.2) is 4.79 Å². The number of hydrogen-bond donors (Lipinski definition) is 1. The summed E-state index contributed by atoms with van der Waals surface area (Å²) in [6.07, 6.45) is 4.33. The van der Waals surface area contributed by atoms with Gasteiger partial charge in [-0.15, -0.1) is 0 Å². The second-order valence-electron chi connectivity index (χ2n) is 9.46. The lowest BCUT2D eigenvalue weighted by atomic mass is 9.75. The van der Waals surface area contributed by atoms with Crippen LogP contribution in [-0.4, -0.2) is 31.1 Å². The topological polar surface area (TPSA) is 48.7 Å². The maximum absolute atomic E-state index is 13.0. The van der Waals surface area contributed by atoms with E-state index in [1.54, 1.807) is 4.90 Å². The van der Waals surface area contributed by atoms with Gasteiger partial charge in [0.25, 0.3) is 0 Å². The summed E-state index contributed by atoms with van der Waals surface area (Å²) in [7, 11) is 1.88. The van der Waals surface area contributed by atoms with Gasteiger partial charge < -0.3 is 19.5 Å². The molecule has 1 saturated heterocycles. The Kier molecular flexibility index (Phi) is 5.32. The minimum absolute atomic E-state index is 0.00465. The molecule has 2 amide bonds. The van der Waals surface area contributed by atoms with Crippen LogP contribution in [0.25, 0.3) is 0 Å². The second kappa shape index (κ2) is 7.77. The van der Waals surface area contributed by atoms with E-state index in [9.17, 15) is 4.79 Å². The Balaban J connectivity index is 1.47. The summed E-state index contributed by atoms with van der Waals surface area (Å²) >= 11 is 0. The third-order valence-electron chi connectivity index (χ3n) is 6.23. The van der Waals surface area contributed by atoms with Gasteiger partial charge in [0, 0.05) is 44.4 Å². The van der Waals surface area contributed by atoms with E-state index in [1.807, 2.05) is 14.0 Å². The largest absolute Gasteiger partial charge is 0.466 e. The van der Waals surface area contributed by atoms with Crippen molar-refractivity contribution in [2.24, 2.45) is 5.41 Å². The lowest BCUT2D eigenvalue weighted by molar-refractivity contribution is 0.188. The van der Waals surface area contributed by atoms with Crippen LogP contribution in [0.2, 0.25) is 0 Å². The monoisotopic (exact) mass is 395 g/mol. The summed E-state index contributed by atoms with van der Waals surface area (Å²) in [6, 6.07) is 10.5. The number of carbonyl (C=O) groups excluding carboxylic acids is 1. The summed E-state index contributed by atoms with van der Waals surface area (Å²) in [4.78, 5) is 17.3. The predicted octanol–water partition coefficient (Wildman–Crippen LogP) is 5.04. The van der Waals surface area contributed by atoms with Crippen LogP contribution in [0, 0.1) is 12.3 Å². The summed E-state index contributed by atoms with van der Waals surface area (Å²) in [6.45, 7) is 9.27. The highest BCUT2D eigenvalue weighted by molar-refractivity contribution is 5.75. The molecule has 1 N–H and O–H groups in total. The van der Waals surface area contributed by atoms with Gasteiger partial charge in [0.05, 0.1) is 6.04 Å². The number of nitrogens with one attached hydrogen (secondary N) is 1. The Morgan fingerprint density at radius 2 is 2.00 bits per heavy atom. The number of para-hydroxylation sites is 1. The molecule has 1 aliphatic carbocycles. The predicted molar refractivity (Wildman–Crippen MR) is 116 cm³/mol. The van der Waals surface area contributed by atoms with Crippen LogP contribution >= 0.6 is 0 Å². The molecule has 29 heavy (non-hydrogen) atoms. The van der Waals surface area contributed by atoms with Crippen LogP contribution in [0.1, 0.15) is 61.8 Å². The second-order valence-corrected chi connectivity index (χ2v) is 9.46. The quantitative estimate of drug-likeness (QED) is 0.789. The third kappa shape index (κ3) is 4.29. The van der Waals surface area contributed by atoms with E-state index in [4.69, 9.17) is 4.42 Å². The Morgan fingerprint density at radius 1 is 1.28 bits per heavy atom. The van der Waals surface area contributed by atoms with Crippen LogP contribution in [0.5, 0.6) is 0 Å². The van der Waals surface area contributed by atoms with E-state index in [-0.39, 0.29) is 17.5 Å². The number of hydrogen-bond acceptors (Lipinski definition) is 3. The molecule has 2 aliphatic rings. The number of carbonyl (C=O) groups is 1. The number of furan rings is 1. The average molecular weight is 396 g/mol. The summed E-state index contributed by atoms with van der Waals surface area (Å²) in [5, 5.41) is 3.27. The molecule has 1 aliphatic heterocycles. The molecule has 0 bridgehead atoms. The highest BCUT2D eigenvalue weighted by Gasteiger charge is 2.36.